The second-order valence-corrected chi connectivity index (χ2v) is 4.28. The number of amides is 1. The van der Waals surface area contributed by atoms with E-state index < -0.39 is 6.09 Å². The summed E-state index contributed by atoms with van der Waals surface area (Å²) in [6.07, 6.45) is 1.43. The Labute approximate surface area is 112 Å². The van der Waals surface area contributed by atoms with Gasteiger partial charge < -0.3 is 9.30 Å². The third-order valence-corrected chi connectivity index (χ3v) is 2.92. The van der Waals surface area contributed by atoms with E-state index in [9.17, 15) is 4.79 Å². The number of carbonyl (C=O) groups excluding carboxylic acids is 1. The van der Waals surface area contributed by atoms with E-state index in [-0.39, 0.29) is 0 Å². The summed E-state index contributed by atoms with van der Waals surface area (Å²) in [7, 11) is 0. The highest BCUT2D eigenvalue weighted by atomic mass is 16.5. The molecule has 0 saturated carbocycles. The van der Waals surface area contributed by atoms with Gasteiger partial charge in [-0.15, -0.1) is 0 Å². The number of aromatic nitrogens is 2. The lowest BCUT2D eigenvalue weighted by molar-refractivity contribution is 0.159. The van der Waals surface area contributed by atoms with Crippen LogP contribution in [-0.2, 0) is 11.3 Å². The molecule has 1 heterocycles. The van der Waals surface area contributed by atoms with Crippen LogP contribution in [0.2, 0.25) is 0 Å². The van der Waals surface area contributed by atoms with Crippen molar-refractivity contribution in [1.29, 1.82) is 0 Å². The van der Waals surface area contributed by atoms with E-state index in [0.29, 0.717) is 12.6 Å². The number of unbranched alkanes of at least 4 members (excludes halogenated alkanes) is 1. The normalized spacial score (nSPS) is 10.6. The van der Waals surface area contributed by atoms with E-state index in [2.05, 4.69) is 17.2 Å². The number of hydrogen-bond donors (Lipinski definition) is 1. The number of anilines is 1. The molecule has 0 aliphatic carbocycles. The maximum atomic E-state index is 11.6. The van der Waals surface area contributed by atoms with Crippen molar-refractivity contribution in [2.45, 2.75) is 33.2 Å². The highest BCUT2D eigenvalue weighted by Crippen LogP contribution is 2.19. The third-order valence-electron chi connectivity index (χ3n) is 2.92. The summed E-state index contributed by atoms with van der Waals surface area (Å²) in [5, 5.41) is 2.70. The molecular weight excluding hydrogens is 242 g/mol. The Morgan fingerprint density at radius 2 is 2.16 bits per heavy atom. The second kappa shape index (κ2) is 6.22. The van der Waals surface area contributed by atoms with Crippen molar-refractivity contribution in [3.63, 3.8) is 0 Å². The monoisotopic (exact) mass is 261 g/mol. The van der Waals surface area contributed by atoms with Crippen LogP contribution in [0.5, 0.6) is 0 Å². The summed E-state index contributed by atoms with van der Waals surface area (Å²) in [6.45, 7) is 5.25. The lowest BCUT2D eigenvalue weighted by Gasteiger charge is -2.08. The van der Waals surface area contributed by atoms with Crippen LogP contribution in [0.25, 0.3) is 11.0 Å². The molecule has 0 radical (unpaired) electrons. The van der Waals surface area contributed by atoms with Crippen LogP contribution in [-0.4, -0.2) is 22.3 Å². The number of ether oxygens (including phenoxy) is 1. The number of rotatable bonds is 5. The lowest BCUT2D eigenvalue weighted by Crippen LogP contribution is -2.17. The largest absolute Gasteiger partial charge is 0.449 e. The molecule has 0 bridgehead atoms. The van der Waals surface area contributed by atoms with Crippen LogP contribution in [0, 0.1) is 0 Å². The Bertz CT molecular complexity index is 563. The van der Waals surface area contributed by atoms with Crippen molar-refractivity contribution in [3.05, 3.63) is 24.3 Å². The minimum atomic E-state index is -0.446. The Kier molecular flexibility index (Phi) is 4.39. The molecule has 0 spiro atoms. The molecule has 2 aromatic rings. The van der Waals surface area contributed by atoms with Gasteiger partial charge in [0, 0.05) is 6.54 Å². The first-order chi connectivity index (χ1) is 9.26. The van der Waals surface area contributed by atoms with E-state index in [1.165, 1.54) is 0 Å². The molecule has 0 aliphatic rings. The number of imidazole rings is 1. The van der Waals surface area contributed by atoms with Gasteiger partial charge in [-0.3, -0.25) is 5.32 Å². The number of benzene rings is 1. The fourth-order valence-electron chi connectivity index (χ4n) is 1.93. The summed E-state index contributed by atoms with van der Waals surface area (Å²) in [4.78, 5) is 16.0. The SMILES string of the molecule is CCCCOC(=O)Nc1nc2ccccc2n1CC. The first kappa shape index (κ1) is 13.4. The Morgan fingerprint density at radius 1 is 1.37 bits per heavy atom. The van der Waals surface area contributed by atoms with Crippen molar-refractivity contribution < 1.29 is 9.53 Å². The number of aryl methyl sites for hydroxylation is 1. The predicted octanol–water partition coefficient (Wildman–Crippen LogP) is 3.40. The summed E-state index contributed by atoms with van der Waals surface area (Å²) in [6, 6.07) is 7.80. The van der Waals surface area contributed by atoms with Gasteiger partial charge in [-0.1, -0.05) is 25.5 Å². The first-order valence-corrected chi connectivity index (χ1v) is 6.65. The van der Waals surface area contributed by atoms with Crippen molar-refractivity contribution in [2.24, 2.45) is 0 Å². The molecule has 1 aromatic heterocycles. The smallest absolute Gasteiger partial charge is 0.413 e. The number of carbonyl (C=O) groups is 1. The molecule has 1 aromatic carbocycles. The minimum absolute atomic E-state index is 0.439. The first-order valence-electron chi connectivity index (χ1n) is 6.65. The van der Waals surface area contributed by atoms with E-state index in [4.69, 9.17) is 4.74 Å². The maximum Gasteiger partial charge on any atom is 0.413 e. The van der Waals surface area contributed by atoms with Gasteiger partial charge in [0.25, 0.3) is 0 Å². The third kappa shape index (κ3) is 3.05. The van der Waals surface area contributed by atoms with Crippen molar-refractivity contribution in [3.8, 4) is 0 Å². The van der Waals surface area contributed by atoms with Crippen LogP contribution in [0.3, 0.4) is 0 Å². The van der Waals surface area contributed by atoms with E-state index in [0.717, 1.165) is 30.4 Å². The Morgan fingerprint density at radius 3 is 2.89 bits per heavy atom. The molecule has 0 fully saturated rings. The average molecular weight is 261 g/mol. The van der Waals surface area contributed by atoms with E-state index in [1.807, 2.05) is 35.8 Å². The van der Waals surface area contributed by atoms with Gasteiger partial charge in [-0.2, -0.15) is 0 Å². The summed E-state index contributed by atoms with van der Waals surface area (Å²) < 4.78 is 7.03. The van der Waals surface area contributed by atoms with Gasteiger partial charge in [0.15, 0.2) is 0 Å². The van der Waals surface area contributed by atoms with Crippen molar-refractivity contribution in [1.82, 2.24) is 9.55 Å². The number of para-hydroxylation sites is 2. The van der Waals surface area contributed by atoms with Crippen LogP contribution in [0.15, 0.2) is 24.3 Å². The number of hydrogen-bond acceptors (Lipinski definition) is 3. The van der Waals surface area contributed by atoms with Crippen molar-refractivity contribution >= 4 is 23.1 Å². The zero-order valence-corrected chi connectivity index (χ0v) is 11.3. The van der Waals surface area contributed by atoms with Gasteiger partial charge in [0.2, 0.25) is 5.95 Å². The zero-order valence-electron chi connectivity index (χ0n) is 11.3. The number of nitrogens with zero attached hydrogens (tertiary/aromatic N) is 2. The molecule has 5 heteroatoms. The Hall–Kier alpha value is -2.04. The molecule has 0 atom stereocenters. The molecule has 0 saturated heterocycles. The Balaban J connectivity index is 2.13. The number of nitrogens with one attached hydrogen (secondary N) is 1. The maximum absolute atomic E-state index is 11.6. The summed E-state index contributed by atoms with van der Waals surface area (Å²) in [5.74, 6) is 0.533. The zero-order chi connectivity index (χ0) is 13.7. The fraction of sp³-hybridized carbons (Fsp3) is 0.429. The predicted molar refractivity (Wildman–Crippen MR) is 75.3 cm³/mol. The number of fused-ring (bicyclic) bond motifs is 1. The fourth-order valence-corrected chi connectivity index (χ4v) is 1.93. The standard InChI is InChI=1S/C14H19N3O2/c1-3-5-10-19-14(18)16-13-15-11-8-6-7-9-12(11)17(13)4-2/h6-9H,3-5,10H2,1-2H3,(H,15,16,18). The van der Waals surface area contributed by atoms with E-state index >= 15 is 0 Å². The van der Waals surface area contributed by atoms with Crippen LogP contribution in [0.4, 0.5) is 10.7 Å². The van der Waals surface area contributed by atoms with Gasteiger partial charge in [0.05, 0.1) is 17.6 Å². The summed E-state index contributed by atoms with van der Waals surface area (Å²) in [5.41, 5.74) is 1.88. The molecule has 1 N–H and O–H groups in total. The van der Waals surface area contributed by atoms with Gasteiger partial charge >= 0.3 is 6.09 Å². The van der Waals surface area contributed by atoms with Crippen molar-refractivity contribution in [2.75, 3.05) is 11.9 Å². The lowest BCUT2D eigenvalue weighted by atomic mass is 10.3. The molecule has 1 amide bonds. The van der Waals surface area contributed by atoms with E-state index in [1.54, 1.807) is 0 Å². The molecule has 0 aliphatic heterocycles. The molecule has 0 unspecified atom stereocenters. The topological polar surface area (TPSA) is 56.1 Å². The molecule has 102 valence electrons. The van der Waals surface area contributed by atoms with Gasteiger partial charge in [-0.25, -0.2) is 9.78 Å². The highest BCUT2D eigenvalue weighted by molar-refractivity contribution is 5.86. The van der Waals surface area contributed by atoms with Gasteiger partial charge in [-0.05, 0) is 25.5 Å². The van der Waals surface area contributed by atoms with Crippen LogP contribution < -0.4 is 5.32 Å². The summed E-state index contributed by atoms with van der Waals surface area (Å²) >= 11 is 0. The highest BCUT2D eigenvalue weighted by Gasteiger charge is 2.12. The molecule has 5 nitrogen and oxygen atoms in total. The average Bonchev–Trinajstić information content (AvgIpc) is 2.76. The second-order valence-electron chi connectivity index (χ2n) is 4.28. The quantitative estimate of drug-likeness (QED) is 0.839. The molecular formula is C14H19N3O2. The minimum Gasteiger partial charge on any atom is -0.449 e. The van der Waals surface area contributed by atoms with Crippen LogP contribution >= 0.6 is 0 Å². The van der Waals surface area contributed by atoms with Gasteiger partial charge in [0.1, 0.15) is 0 Å². The molecule has 2 rings (SSSR count). The van der Waals surface area contributed by atoms with Crippen LogP contribution in [0.1, 0.15) is 26.7 Å². The molecule has 19 heavy (non-hydrogen) atoms.